The van der Waals surface area contributed by atoms with Crippen LogP contribution in [0.15, 0.2) is 93.4 Å². The van der Waals surface area contributed by atoms with E-state index < -0.39 is 17.1 Å². The standard InChI is InChI=1S/C26H19N3O3/c1-16-9-5-8-14-22(16)29-25(31)20(24(30)28-26(29)32)15-19-18-12-6-7-13-21(18)27-23(19)17-10-3-2-4-11-17/h2-15,31H,1H3,(H,28,30,32)/b19-15+. The van der Waals surface area contributed by atoms with Crippen molar-refractivity contribution in [2.75, 3.05) is 0 Å². The molecule has 0 bridgehead atoms. The van der Waals surface area contributed by atoms with Crippen molar-refractivity contribution >= 4 is 23.0 Å². The number of aryl methyl sites for hydroxylation is 1. The van der Waals surface area contributed by atoms with Crippen LogP contribution in [0.2, 0.25) is 0 Å². The van der Waals surface area contributed by atoms with Crippen molar-refractivity contribution in [1.82, 2.24) is 9.55 Å². The van der Waals surface area contributed by atoms with Crippen molar-refractivity contribution in [2.45, 2.75) is 6.92 Å². The molecule has 0 unspecified atom stereocenters. The zero-order valence-corrected chi connectivity index (χ0v) is 17.2. The summed E-state index contributed by atoms with van der Waals surface area (Å²) >= 11 is 0. The van der Waals surface area contributed by atoms with Gasteiger partial charge >= 0.3 is 5.69 Å². The minimum absolute atomic E-state index is 0.0109. The molecule has 32 heavy (non-hydrogen) atoms. The molecule has 2 N–H and O–H groups in total. The van der Waals surface area contributed by atoms with E-state index in [1.54, 1.807) is 18.2 Å². The number of rotatable bonds is 3. The lowest BCUT2D eigenvalue weighted by Gasteiger charge is -2.13. The molecular weight excluding hydrogens is 402 g/mol. The third-order valence-electron chi connectivity index (χ3n) is 5.49. The van der Waals surface area contributed by atoms with Crippen molar-refractivity contribution in [1.29, 1.82) is 0 Å². The van der Waals surface area contributed by atoms with Gasteiger partial charge in [-0.2, -0.15) is 0 Å². The van der Waals surface area contributed by atoms with Crippen LogP contribution in [-0.2, 0) is 0 Å². The molecule has 1 aliphatic heterocycles. The Morgan fingerprint density at radius 3 is 2.38 bits per heavy atom. The molecule has 0 radical (unpaired) electrons. The maximum absolute atomic E-state index is 12.8. The average Bonchev–Trinajstić information content (AvgIpc) is 3.17. The second-order valence-corrected chi connectivity index (χ2v) is 7.52. The first-order chi connectivity index (χ1) is 15.5. The van der Waals surface area contributed by atoms with Crippen molar-refractivity contribution in [3.63, 3.8) is 0 Å². The Morgan fingerprint density at radius 2 is 1.59 bits per heavy atom. The fraction of sp³-hybridized carbons (Fsp3) is 0.0385. The Labute approximate surface area is 183 Å². The number of benzene rings is 3. The van der Waals surface area contributed by atoms with E-state index in [1.807, 2.05) is 73.7 Å². The Hall–Kier alpha value is -4.45. The molecule has 4 aromatic rings. The summed E-state index contributed by atoms with van der Waals surface area (Å²) in [5.74, 6) is -0.419. The first kappa shape index (κ1) is 19.5. The lowest BCUT2D eigenvalue weighted by Crippen LogP contribution is -2.30. The van der Waals surface area contributed by atoms with Crippen molar-refractivity contribution in [3.8, 4) is 11.6 Å². The molecule has 0 aliphatic carbocycles. The lowest BCUT2D eigenvalue weighted by atomic mass is 9.96. The highest BCUT2D eigenvalue weighted by molar-refractivity contribution is 6.39. The van der Waals surface area contributed by atoms with E-state index in [0.717, 1.165) is 26.9 Å². The normalized spacial score (nSPS) is 13.8. The van der Waals surface area contributed by atoms with Crippen LogP contribution in [0.1, 0.15) is 22.3 Å². The van der Waals surface area contributed by atoms with Crippen molar-refractivity contribution in [3.05, 3.63) is 122 Å². The highest BCUT2D eigenvalue weighted by Crippen LogP contribution is 2.38. The summed E-state index contributed by atoms with van der Waals surface area (Å²) in [6, 6.07) is 24.4. The highest BCUT2D eigenvalue weighted by Gasteiger charge is 2.24. The SMILES string of the molecule is Cc1ccccc1-n1c(O)c(/C=C2/C(c3ccccc3)=Nc3ccccc32)c(=O)[nH]c1=O. The molecule has 6 heteroatoms. The third-order valence-corrected chi connectivity index (χ3v) is 5.49. The number of nitrogens with one attached hydrogen (secondary N) is 1. The van der Waals surface area contributed by atoms with E-state index in [4.69, 9.17) is 4.99 Å². The maximum atomic E-state index is 12.8. The van der Waals surface area contributed by atoms with Gasteiger partial charge in [0.05, 0.1) is 17.1 Å². The zero-order valence-electron chi connectivity index (χ0n) is 17.2. The highest BCUT2D eigenvalue weighted by atomic mass is 16.3. The Bertz CT molecular complexity index is 1530. The molecular formula is C26H19N3O3. The Kier molecular flexibility index (Phi) is 4.67. The lowest BCUT2D eigenvalue weighted by molar-refractivity contribution is 0.429. The first-order valence-electron chi connectivity index (χ1n) is 10.1. The number of allylic oxidation sites excluding steroid dienone is 1. The van der Waals surface area contributed by atoms with E-state index in [-0.39, 0.29) is 5.56 Å². The predicted octanol–water partition coefficient (Wildman–Crippen LogP) is 4.21. The summed E-state index contributed by atoms with van der Waals surface area (Å²) < 4.78 is 1.11. The van der Waals surface area contributed by atoms with Gasteiger partial charge in [-0.05, 0) is 30.7 Å². The van der Waals surface area contributed by atoms with E-state index in [9.17, 15) is 14.7 Å². The largest absolute Gasteiger partial charge is 0.494 e. The van der Waals surface area contributed by atoms with Crippen molar-refractivity contribution in [2.24, 2.45) is 4.99 Å². The molecule has 0 fully saturated rings. The van der Waals surface area contributed by atoms with Gasteiger partial charge in [0.2, 0.25) is 5.88 Å². The Morgan fingerprint density at radius 1 is 0.906 bits per heavy atom. The van der Waals surface area contributed by atoms with Gasteiger partial charge in [0.1, 0.15) is 5.56 Å². The summed E-state index contributed by atoms with van der Waals surface area (Å²) in [7, 11) is 0. The van der Waals surface area contributed by atoms with E-state index in [1.165, 1.54) is 0 Å². The fourth-order valence-corrected chi connectivity index (χ4v) is 3.92. The van der Waals surface area contributed by atoms with Gasteiger partial charge in [0.15, 0.2) is 0 Å². The van der Waals surface area contributed by atoms with Crippen LogP contribution in [-0.4, -0.2) is 20.4 Å². The molecule has 3 aromatic carbocycles. The molecule has 2 heterocycles. The number of aromatic amines is 1. The van der Waals surface area contributed by atoms with Crippen molar-refractivity contribution < 1.29 is 5.11 Å². The number of fused-ring (bicyclic) bond motifs is 1. The number of hydrogen-bond acceptors (Lipinski definition) is 4. The van der Waals surface area contributed by atoms with Gasteiger partial charge in [0, 0.05) is 16.7 Å². The molecule has 1 aromatic heterocycles. The summed E-state index contributed by atoms with van der Waals surface area (Å²) in [4.78, 5) is 32.4. The monoisotopic (exact) mass is 421 g/mol. The molecule has 0 atom stereocenters. The smallest absolute Gasteiger partial charge is 0.335 e. The van der Waals surface area contributed by atoms with Crippen LogP contribution in [0.5, 0.6) is 5.88 Å². The molecule has 0 saturated heterocycles. The van der Waals surface area contributed by atoms with Crippen LogP contribution >= 0.6 is 0 Å². The van der Waals surface area contributed by atoms with Crippen LogP contribution in [0.25, 0.3) is 17.3 Å². The van der Waals surface area contributed by atoms with E-state index >= 15 is 0 Å². The second-order valence-electron chi connectivity index (χ2n) is 7.52. The Balaban J connectivity index is 1.77. The number of aromatic hydroxyl groups is 1. The first-order valence-corrected chi connectivity index (χ1v) is 10.1. The second kappa shape index (κ2) is 7.67. The number of para-hydroxylation sites is 2. The molecule has 5 rings (SSSR count). The van der Waals surface area contributed by atoms with Crippen LogP contribution in [0, 0.1) is 6.92 Å². The van der Waals surface area contributed by atoms with Gasteiger partial charge in [-0.15, -0.1) is 0 Å². The molecule has 0 saturated carbocycles. The summed E-state index contributed by atoms with van der Waals surface area (Å²) in [5.41, 5.74) is 3.81. The quantitative estimate of drug-likeness (QED) is 0.519. The van der Waals surface area contributed by atoms with E-state index in [0.29, 0.717) is 17.0 Å². The average molecular weight is 421 g/mol. The van der Waals surface area contributed by atoms with Gasteiger partial charge in [-0.1, -0.05) is 66.7 Å². The molecule has 6 nitrogen and oxygen atoms in total. The number of aromatic nitrogens is 2. The topological polar surface area (TPSA) is 87.4 Å². The van der Waals surface area contributed by atoms with Crippen LogP contribution in [0.3, 0.4) is 0 Å². The number of aliphatic imine (C=N–C) groups is 1. The van der Waals surface area contributed by atoms with E-state index in [2.05, 4.69) is 4.98 Å². The van der Waals surface area contributed by atoms with Gasteiger partial charge < -0.3 is 5.11 Å². The minimum atomic E-state index is -0.701. The third kappa shape index (κ3) is 3.18. The summed E-state index contributed by atoms with van der Waals surface area (Å²) in [6.45, 7) is 1.83. The van der Waals surface area contributed by atoms with Crippen LogP contribution < -0.4 is 11.2 Å². The fourth-order valence-electron chi connectivity index (χ4n) is 3.92. The zero-order chi connectivity index (χ0) is 22.2. The molecule has 1 aliphatic rings. The molecule has 0 amide bonds. The van der Waals surface area contributed by atoms with Gasteiger partial charge in [-0.25, -0.2) is 14.4 Å². The predicted molar refractivity (Wildman–Crippen MR) is 126 cm³/mol. The molecule has 0 spiro atoms. The van der Waals surface area contributed by atoms with Gasteiger partial charge in [-0.3, -0.25) is 9.78 Å². The molecule has 156 valence electrons. The number of hydrogen-bond donors (Lipinski definition) is 2. The summed E-state index contributed by atoms with van der Waals surface area (Å²) in [5, 5.41) is 11.1. The minimum Gasteiger partial charge on any atom is -0.494 e. The van der Waals surface area contributed by atoms with Gasteiger partial charge in [0.25, 0.3) is 5.56 Å². The number of H-pyrrole nitrogens is 1. The summed E-state index contributed by atoms with van der Waals surface area (Å²) in [6.07, 6.45) is 1.60. The number of nitrogens with zero attached hydrogens (tertiary/aromatic N) is 2. The maximum Gasteiger partial charge on any atom is 0.335 e. The van der Waals surface area contributed by atoms with Crippen LogP contribution in [0.4, 0.5) is 5.69 Å².